The van der Waals surface area contributed by atoms with Gasteiger partial charge in [-0.1, -0.05) is 22.9 Å². The zero-order valence-electron chi connectivity index (χ0n) is 9.35. The van der Waals surface area contributed by atoms with Crippen LogP contribution in [0.5, 0.6) is 0 Å². The highest BCUT2D eigenvalue weighted by molar-refractivity contribution is 9.11. The molecule has 0 aliphatic carbocycles. The van der Waals surface area contributed by atoms with Crippen LogP contribution < -0.4 is 4.72 Å². The molecule has 0 saturated carbocycles. The van der Waals surface area contributed by atoms with E-state index in [0.29, 0.717) is 8.95 Å². The Hall–Kier alpha value is -0.440. The highest BCUT2D eigenvalue weighted by atomic mass is 79.9. The molecule has 0 radical (unpaired) electrons. The lowest BCUT2D eigenvalue weighted by molar-refractivity contribution is -0.139. The number of hydrogen-bond donors (Lipinski definition) is 2. The van der Waals surface area contributed by atoms with Crippen LogP contribution in [-0.4, -0.2) is 25.5 Å². The highest BCUT2D eigenvalue weighted by Crippen LogP contribution is 2.25. The van der Waals surface area contributed by atoms with Crippen molar-refractivity contribution in [1.82, 2.24) is 4.72 Å². The van der Waals surface area contributed by atoms with Gasteiger partial charge < -0.3 is 5.11 Å². The van der Waals surface area contributed by atoms with E-state index in [-0.39, 0.29) is 11.3 Å². The predicted molar refractivity (Wildman–Crippen MR) is 73.9 cm³/mol. The number of benzene rings is 1. The average Bonchev–Trinajstić information content (AvgIpc) is 2.28. The van der Waals surface area contributed by atoms with Crippen molar-refractivity contribution in [2.45, 2.75) is 24.3 Å². The molecule has 0 aliphatic rings. The third-order valence-corrected chi connectivity index (χ3v) is 5.15. The molecule has 0 fully saturated rings. The molecule has 0 aliphatic heterocycles. The number of nitrogens with one attached hydrogen (secondary N) is 1. The predicted octanol–water partition coefficient (Wildman–Crippen LogP) is 2.35. The van der Waals surface area contributed by atoms with Crippen LogP contribution in [0.25, 0.3) is 0 Å². The summed E-state index contributed by atoms with van der Waals surface area (Å²) in [4.78, 5) is 10.8. The summed E-state index contributed by atoms with van der Waals surface area (Å²) in [6.45, 7) is 1.59. The van der Waals surface area contributed by atoms with Crippen LogP contribution in [-0.2, 0) is 14.8 Å². The topological polar surface area (TPSA) is 83.5 Å². The van der Waals surface area contributed by atoms with Crippen molar-refractivity contribution in [3.63, 3.8) is 0 Å². The molecule has 1 aromatic carbocycles. The second-order valence-electron chi connectivity index (χ2n) is 3.50. The van der Waals surface area contributed by atoms with Crippen molar-refractivity contribution >= 4 is 47.9 Å². The molecule has 0 bridgehead atoms. The fourth-order valence-corrected chi connectivity index (χ4v) is 4.02. The monoisotopic (exact) mass is 399 g/mol. The number of carboxylic acid groups (broad SMARTS) is 1. The van der Waals surface area contributed by atoms with E-state index >= 15 is 0 Å². The Balaban J connectivity index is 3.14. The van der Waals surface area contributed by atoms with Crippen molar-refractivity contribution in [1.29, 1.82) is 0 Å². The van der Waals surface area contributed by atoms with Gasteiger partial charge in [-0.3, -0.25) is 4.79 Å². The lowest BCUT2D eigenvalue weighted by atomic mass is 10.2. The Kier molecular flexibility index (Phi) is 5.32. The van der Waals surface area contributed by atoms with Gasteiger partial charge in [0.1, 0.15) is 6.04 Å². The molecular formula is C10H11Br2NO4S. The van der Waals surface area contributed by atoms with Crippen molar-refractivity contribution < 1.29 is 18.3 Å². The smallest absolute Gasteiger partial charge is 0.321 e. The maximum absolute atomic E-state index is 12.1. The van der Waals surface area contributed by atoms with Crippen LogP contribution >= 0.6 is 31.9 Å². The van der Waals surface area contributed by atoms with E-state index < -0.39 is 22.0 Å². The number of rotatable bonds is 5. The van der Waals surface area contributed by atoms with Crippen molar-refractivity contribution in [3.05, 3.63) is 27.1 Å². The normalized spacial score (nSPS) is 13.3. The number of carboxylic acids is 1. The third-order valence-electron chi connectivity index (χ3n) is 2.19. The van der Waals surface area contributed by atoms with Crippen LogP contribution in [0.2, 0.25) is 0 Å². The van der Waals surface area contributed by atoms with Crippen LogP contribution in [0.1, 0.15) is 13.3 Å². The number of sulfonamides is 1. The summed E-state index contributed by atoms with van der Waals surface area (Å²) in [6, 6.07) is 3.51. The van der Waals surface area contributed by atoms with Gasteiger partial charge in [0, 0.05) is 8.95 Å². The van der Waals surface area contributed by atoms with Gasteiger partial charge in [0.15, 0.2) is 0 Å². The first-order valence-electron chi connectivity index (χ1n) is 4.98. The standard InChI is InChI=1S/C10H11Br2NO4S/c1-2-8(10(14)15)13-18(16,17)9-5-6(11)3-4-7(9)12/h3-5,8,13H,2H2,1H3,(H,14,15)/t8-/m0/s1. The van der Waals surface area contributed by atoms with Gasteiger partial charge in [-0.2, -0.15) is 4.72 Å². The molecule has 0 heterocycles. The lowest BCUT2D eigenvalue weighted by Gasteiger charge is -2.13. The second-order valence-corrected chi connectivity index (χ2v) is 6.95. The van der Waals surface area contributed by atoms with Gasteiger partial charge in [0.25, 0.3) is 0 Å². The van der Waals surface area contributed by atoms with Gasteiger partial charge >= 0.3 is 5.97 Å². The first-order chi connectivity index (χ1) is 8.27. The van der Waals surface area contributed by atoms with Gasteiger partial charge in [-0.25, -0.2) is 8.42 Å². The zero-order valence-corrected chi connectivity index (χ0v) is 13.3. The van der Waals surface area contributed by atoms with E-state index in [2.05, 4.69) is 36.6 Å². The second kappa shape index (κ2) is 6.14. The van der Waals surface area contributed by atoms with Crippen LogP contribution in [0.4, 0.5) is 0 Å². The molecule has 0 aromatic heterocycles. The van der Waals surface area contributed by atoms with E-state index in [4.69, 9.17) is 5.11 Å². The third kappa shape index (κ3) is 3.78. The maximum Gasteiger partial charge on any atom is 0.321 e. The molecule has 0 saturated heterocycles. The Morgan fingerprint density at radius 2 is 2.06 bits per heavy atom. The summed E-state index contributed by atoms with van der Waals surface area (Å²) >= 11 is 6.30. The molecule has 1 atom stereocenters. The van der Waals surface area contributed by atoms with E-state index in [1.54, 1.807) is 19.1 Å². The Labute approximate surface area is 122 Å². The molecule has 0 spiro atoms. The Morgan fingerprint density at radius 1 is 1.44 bits per heavy atom. The van der Waals surface area contributed by atoms with E-state index in [1.165, 1.54) is 6.07 Å². The first kappa shape index (κ1) is 15.6. The van der Waals surface area contributed by atoms with E-state index in [0.717, 1.165) is 0 Å². The number of hydrogen-bond acceptors (Lipinski definition) is 3. The van der Waals surface area contributed by atoms with E-state index in [1.807, 2.05) is 0 Å². The van der Waals surface area contributed by atoms with Gasteiger partial charge in [0.2, 0.25) is 10.0 Å². The van der Waals surface area contributed by atoms with Crippen LogP contribution in [0.15, 0.2) is 32.0 Å². The zero-order chi connectivity index (χ0) is 13.9. The lowest BCUT2D eigenvalue weighted by Crippen LogP contribution is -2.40. The van der Waals surface area contributed by atoms with Crippen LogP contribution in [0, 0.1) is 0 Å². The fraction of sp³-hybridized carbons (Fsp3) is 0.300. The molecule has 18 heavy (non-hydrogen) atoms. The molecular weight excluding hydrogens is 390 g/mol. The average molecular weight is 401 g/mol. The fourth-order valence-electron chi connectivity index (χ4n) is 1.24. The number of aliphatic carboxylic acids is 1. The molecule has 100 valence electrons. The van der Waals surface area contributed by atoms with Gasteiger partial charge in [-0.05, 0) is 40.5 Å². The molecule has 5 nitrogen and oxygen atoms in total. The summed E-state index contributed by atoms with van der Waals surface area (Å²) in [5, 5.41) is 8.86. The minimum atomic E-state index is -3.88. The number of carbonyl (C=O) groups is 1. The minimum absolute atomic E-state index is 0.00317. The van der Waals surface area contributed by atoms with Crippen molar-refractivity contribution in [2.75, 3.05) is 0 Å². The summed E-state index contributed by atoms with van der Waals surface area (Å²) < 4.78 is 27.2. The minimum Gasteiger partial charge on any atom is -0.480 e. The summed E-state index contributed by atoms with van der Waals surface area (Å²) in [7, 11) is -3.88. The van der Waals surface area contributed by atoms with Crippen LogP contribution in [0.3, 0.4) is 0 Å². The van der Waals surface area contributed by atoms with Crippen molar-refractivity contribution in [3.8, 4) is 0 Å². The van der Waals surface area contributed by atoms with Gasteiger partial charge in [0.05, 0.1) is 4.90 Å². The quantitative estimate of drug-likeness (QED) is 0.794. The molecule has 2 N–H and O–H groups in total. The molecule has 0 amide bonds. The Bertz CT molecular complexity index is 559. The molecule has 1 aromatic rings. The maximum atomic E-state index is 12.1. The molecule has 1 rings (SSSR count). The van der Waals surface area contributed by atoms with Crippen molar-refractivity contribution in [2.24, 2.45) is 0 Å². The molecule has 8 heteroatoms. The highest BCUT2D eigenvalue weighted by Gasteiger charge is 2.25. The van der Waals surface area contributed by atoms with Gasteiger partial charge in [-0.15, -0.1) is 0 Å². The number of halogens is 2. The first-order valence-corrected chi connectivity index (χ1v) is 8.05. The SMILES string of the molecule is CC[C@H](NS(=O)(=O)c1cc(Br)ccc1Br)C(=O)O. The largest absolute Gasteiger partial charge is 0.480 e. The molecule has 0 unspecified atom stereocenters. The summed E-state index contributed by atoms with van der Waals surface area (Å²) in [5.41, 5.74) is 0. The Morgan fingerprint density at radius 3 is 2.56 bits per heavy atom. The summed E-state index contributed by atoms with van der Waals surface area (Å²) in [5.74, 6) is -1.20. The van der Waals surface area contributed by atoms with E-state index in [9.17, 15) is 13.2 Å². The summed E-state index contributed by atoms with van der Waals surface area (Å²) in [6.07, 6.45) is 0.167.